The highest BCUT2D eigenvalue weighted by molar-refractivity contribution is 5.58. The van der Waals surface area contributed by atoms with Crippen molar-refractivity contribution in [2.45, 2.75) is 13.5 Å². The first-order valence-corrected chi connectivity index (χ1v) is 6.34. The van der Waals surface area contributed by atoms with Gasteiger partial charge in [0.15, 0.2) is 5.76 Å². The number of H-pyrrole nitrogens is 1. The van der Waals surface area contributed by atoms with E-state index in [1.165, 1.54) is 0 Å². The molecule has 0 unspecified atom stereocenters. The van der Waals surface area contributed by atoms with Crippen molar-refractivity contribution in [1.29, 1.82) is 0 Å². The molecule has 0 fully saturated rings. The summed E-state index contributed by atoms with van der Waals surface area (Å²) in [6.45, 7) is 2.53. The molecule has 5 heteroatoms. The fraction of sp³-hybridized carbons (Fsp3) is 0.133. The molecule has 0 radical (unpaired) electrons. The van der Waals surface area contributed by atoms with Gasteiger partial charge in [-0.05, 0) is 43.3 Å². The molecule has 3 aromatic rings. The van der Waals surface area contributed by atoms with Crippen molar-refractivity contribution in [3.63, 3.8) is 0 Å². The van der Waals surface area contributed by atoms with Gasteiger partial charge in [0.05, 0.1) is 6.20 Å². The highest BCUT2D eigenvalue weighted by atomic mass is 16.3. The Morgan fingerprint density at radius 1 is 1.20 bits per heavy atom. The fourth-order valence-corrected chi connectivity index (χ4v) is 2.00. The van der Waals surface area contributed by atoms with Crippen LogP contribution in [0.1, 0.15) is 11.3 Å². The number of rotatable bonds is 4. The van der Waals surface area contributed by atoms with Crippen LogP contribution >= 0.6 is 0 Å². The number of anilines is 1. The minimum Gasteiger partial charge on any atom is -0.508 e. The molecule has 0 saturated heterocycles. The van der Waals surface area contributed by atoms with Gasteiger partial charge >= 0.3 is 0 Å². The summed E-state index contributed by atoms with van der Waals surface area (Å²) in [4.78, 5) is 0. The SMILES string of the molecule is Cc1ccc(-c2[nH]ncc2CNc2ccc(O)cc2)o1. The number of benzene rings is 1. The number of aryl methyl sites for hydroxylation is 1. The van der Waals surface area contributed by atoms with Crippen LogP contribution in [0.25, 0.3) is 11.5 Å². The van der Waals surface area contributed by atoms with Crippen LogP contribution in [0.3, 0.4) is 0 Å². The average molecular weight is 269 g/mol. The predicted octanol–water partition coefficient (Wildman–Crippen LogP) is 3.30. The Balaban J connectivity index is 1.75. The van der Waals surface area contributed by atoms with Gasteiger partial charge in [0.1, 0.15) is 17.2 Å². The number of aromatic nitrogens is 2. The number of nitrogens with zero attached hydrogens (tertiary/aromatic N) is 1. The van der Waals surface area contributed by atoms with Crippen molar-refractivity contribution in [3.8, 4) is 17.2 Å². The molecule has 0 amide bonds. The first-order valence-electron chi connectivity index (χ1n) is 6.34. The van der Waals surface area contributed by atoms with E-state index >= 15 is 0 Å². The maximum Gasteiger partial charge on any atom is 0.152 e. The zero-order chi connectivity index (χ0) is 13.9. The summed E-state index contributed by atoms with van der Waals surface area (Å²) in [5.41, 5.74) is 2.84. The molecule has 0 aliphatic carbocycles. The summed E-state index contributed by atoms with van der Waals surface area (Å²) in [6.07, 6.45) is 1.78. The van der Waals surface area contributed by atoms with Gasteiger partial charge in [-0.15, -0.1) is 0 Å². The maximum atomic E-state index is 9.25. The highest BCUT2D eigenvalue weighted by Gasteiger charge is 2.10. The second-order valence-electron chi connectivity index (χ2n) is 4.58. The topological polar surface area (TPSA) is 74.1 Å². The van der Waals surface area contributed by atoms with Crippen molar-refractivity contribution in [3.05, 3.63) is 53.9 Å². The van der Waals surface area contributed by atoms with Gasteiger partial charge in [0.2, 0.25) is 0 Å². The van der Waals surface area contributed by atoms with Crippen LogP contribution in [0.2, 0.25) is 0 Å². The molecule has 20 heavy (non-hydrogen) atoms. The summed E-state index contributed by atoms with van der Waals surface area (Å²) < 4.78 is 5.60. The van der Waals surface area contributed by atoms with E-state index in [0.717, 1.165) is 28.5 Å². The van der Waals surface area contributed by atoms with Gasteiger partial charge in [-0.3, -0.25) is 5.10 Å². The van der Waals surface area contributed by atoms with Crippen molar-refractivity contribution < 1.29 is 9.52 Å². The van der Waals surface area contributed by atoms with E-state index in [-0.39, 0.29) is 5.75 Å². The third kappa shape index (κ3) is 2.51. The zero-order valence-electron chi connectivity index (χ0n) is 11.1. The normalized spacial score (nSPS) is 10.7. The number of phenols is 1. The van der Waals surface area contributed by atoms with E-state index in [9.17, 15) is 5.11 Å². The largest absolute Gasteiger partial charge is 0.508 e. The Kier molecular flexibility index (Phi) is 3.16. The Bertz CT molecular complexity index is 698. The van der Waals surface area contributed by atoms with E-state index < -0.39 is 0 Å². The van der Waals surface area contributed by atoms with Crippen LogP contribution in [-0.4, -0.2) is 15.3 Å². The van der Waals surface area contributed by atoms with Gasteiger partial charge in [-0.1, -0.05) is 0 Å². The lowest BCUT2D eigenvalue weighted by atomic mass is 10.2. The highest BCUT2D eigenvalue weighted by Crippen LogP contribution is 2.24. The first kappa shape index (κ1) is 12.3. The number of nitrogens with one attached hydrogen (secondary N) is 2. The van der Waals surface area contributed by atoms with Crippen molar-refractivity contribution >= 4 is 5.69 Å². The molecular formula is C15H15N3O2. The van der Waals surface area contributed by atoms with Crippen LogP contribution in [0.5, 0.6) is 5.75 Å². The third-order valence-corrected chi connectivity index (χ3v) is 3.05. The van der Waals surface area contributed by atoms with Gasteiger partial charge in [0, 0.05) is 17.8 Å². The molecule has 0 saturated carbocycles. The lowest BCUT2D eigenvalue weighted by Gasteiger charge is -2.06. The van der Waals surface area contributed by atoms with E-state index in [4.69, 9.17) is 4.42 Å². The second kappa shape index (κ2) is 5.13. The van der Waals surface area contributed by atoms with Crippen LogP contribution in [0, 0.1) is 6.92 Å². The summed E-state index contributed by atoms with van der Waals surface area (Å²) >= 11 is 0. The molecule has 1 aromatic carbocycles. The molecule has 3 N–H and O–H groups in total. The van der Waals surface area contributed by atoms with E-state index in [1.807, 2.05) is 31.2 Å². The average Bonchev–Trinajstić information content (AvgIpc) is 3.06. The number of aromatic hydroxyl groups is 1. The molecule has 102 valence electrons. The summed E-state index contributed by atoms with van der Waals surface area (Å²) in [5.74, 6) is 1.90. The number of aromatic amines is 1. The monoisotopic (exact) mass is 269 g/mol. The number of hydrogen-bond acceptors (Lipinski definition) is 4. The Labute approximate surface area is 116 Å². The Hall–Kier alpha value is -2.69. The van der Waals surface area contributed by atoms with Crippen LogP contribution in [0.4, 0.5) is 5.69 Å². The fourth-order valence-electron chi connectivity index (χ4n) is 2.00. The Morgan fingerprint density at radius 3 is 2.70 bits per heavy atom. The first-order chi connectivity index (χ1) is 9.72. The molecule has 0 aliphatic rings. The molecule has 0 aliphatic heterocycles. The minimum absolute atomic E-state index is 0.255. The molecule has 0 spiro atoms. The maximum absolute atomic E-state index is 9.25. The summed E-state index contributed by atoms with van der Waals surface area (Å²) in [6, 6.07) is 10.8. The standard InChI is InChI=1S/C15H15N3O2/c1-10-2-7-14(20-10)15-11(9-17-18-15)8-16-12-3-5-13(19)6-4-12/h2-7,9,16,19H,8H2,1H3,(H,17,18). The zero-order valence-corrected chi connectivity index (χ0v) is 11.1. The summed E-state index contributed by atoms with van der Waals surface area (Å²) in [5, 5.41) is 19.6. The third-order valence-electron chi connectivity index (χ3n) is 3.05. The lowest BCUT2D eigenvalue weighted by Crippen LogP contribution is -1.99. The molecule has 2 aromatic heterocycles. The molecule has 0 atom stereocenters. The van der Waals surface area contributed by atoms with Crippen LogP contribution in [0.15, 0.2) is 47.0 Å². The minimum atomic E-state index is 0.255. The quantitative estimate of drug-likeness (QED) is 0.635. The molecule has 0 bridgehead atoms. The van der Waals surface area contributed by atoms with Gasteiger partial charge < -0.3 is 14.8 Å². The van der Waals surface area contributed by atoms with E-state index in [1.54, 1.807) is 18.3 Å². The molecule has 2 heterocycles. The van der Waals surface area contributed by atoms with E-state index in [2.05, 4.69) is 15.5 Å². The summed E-state index contributed by atoms with van der Waals surface area (Å²) in [7, 11) is 0. The lowest BCUT2D eigenvalue weighted by molar-refractivity contribution is 0.475. The number of hydrogen-bond donors (Lipinski definition) is 3. The van der Waals surface area contributed by atoms with Crippen LogP contribution < -0.4 is 5.32 Å². The Morgan fingerprint density at radius 2 is 2.00 bits per heavy atom. The van der Waals surface area contributed by atoms with Crippen LogP contribution in [-0.2, 0) is 6.54 Å². The number of furan rings is 1. The molecule has 3 rings (SSSR count). The van der Waals surface area contributed by atoms with Crippen molar-refractivity contribution in [1.82, 2.24) is 10.2 Å². The van der Waals surface area contributed by atoms with E-state index in [0.29, 0.717) is 6.54 Å². The smallest absolute Gasteiger partial charge is 0.152 e. The van der Waals surface area contributed by atoms with Gasteiger partial charge in [0.25, 0.3) is 0 Å². The molecule has 5 nitrogen and oxygen atoms in total. The van der Waals surface area contributed by atoms with Crippen molar-refractivity contribution in [2.75, 3.05) is 5.32 Å². The predicted molar refractivity (Wildman–Crippen MR) is 76.5 cm³/mol. The van der Waals surface area contributed by atoms with Gasteiger partial charge in [-0.25, -0.2) is 0 Å². The van der Waals surface area contributed by atoms with Gasteiger partial charge in [-0.2, -0.15) is 5.10 Å². The van der Waals surface area contributed by atoms with Crippen molar-refractivity contribution in [2.24, 2.45) is 0 Å². The number of phenolic OH excluding ortho intramolecular Hbond substituents is 1. The second-order valence-corrected chi connectivity index (χ2v) is 4.58. The molecular weight excluding hydrogens is 254 g/mol.